The lowest BCUT2D eigenvalue weighted by atomic mass is 9.83. The maximum atomic E-state index is 12.4. The third kappa shape index (κ3) is 5.13. The number of rotatable bonds is 5. The average Bonchev–Trinajstić information content (AvgIpc) is 2.91. The number of nitrogens with two attached hydrogens (primary N) is 1. The summed E-state index contributed by atoms with van der Waals surface area (Å²) in [4.78, 5) is 13.4. The van der Waals surface area contributed by atoms with Gasteiger partial charge in [-0.3, -0.25) is 4.79 Å². The molecular weight excluding hydrogens is 327 g/mol. The molecule has 1 saturated carbocycles. The van der Waals surface area contributed by atoms with Crippen molar-refractivity contribution in [3.8, 4) is 0 Å². The van der Waals surface area contributed by atoms with E-state index in [4.69, 9.17) is 17.3 Å². The zero-order chi connectivity index (χ0) is 14.5. The standard InChI is InChI=1S/C15H23ClN2OS.ClH/c1-10(13-7-8-14(16)20-13)15(19)18-12(9-17)11-5-3-2-4-6-11;/h7-8,10-12H,2-6,9,17H2,1H3,(H,18,19);1H. The molecule has 0 aromatic carbocycles. The van der Waals surface area contributed by atoms with Gasteiger partial charge in [0.1, 0.15) is 0 Å². The lowest BCUT2D eigenvalue weighted by Gasteiger charge is -2.30. The largest absolute Gasteiger partial charge is 0.351 e. The number of carbonyl (C=O) groups is 1. The van der Waals surface area contributed by atoms with Crippen LogP contribution < -0.4 is 11.1 Å². The number of carbonyl (C=O) groups excluding carboxylic acids is 1. The Kier molecular flexibility index (Phi) is 8.03. The Morgan fingerprint density at radius 3 is 2.62 bits per heavy atom. The van der Waals surface area contributed by atoms with E-state index in [1.807, 2.05) is 19.1 Å². The molecule has 2 unspecified atom stereocenters. The second-order valence-electron chi connectivity index (χ2n) is 5.61. The second-order valence-corrected chi connectivity index (χ2v) is 7.36. The molecule has 0 spiro atoms. The van der Waals surface area contributed by atoms with Crippen molar-refractivity contribution in [1.29, 1.82) is 0 Å². The van der Waals surface area contributed by atoms with Gasteiger partial charge < -0.3 is 11.1 Å². The highest BCUT2D eigenvalue weighted by molar-refractivity contribution is 7.16. The highest BCUT2D eigenvalue weighted by Gasteiger charge is 2.26. The molecule has 1 aromatic heterocycles. The van der Waals surface area contributed by atoms with Crippen molar-refractivity contribution in [1.82, 2.24) is 5.32 Å². The van der Waals surface area contributed by atoms with Crippen LogP contribution in [0.15, 0.2) is 12.1 Å². The number of hydrogen-bond acceptors (Lipinski definition) is 3. The van der Waals surface area contributed by atoms with E-state index in [2.05, 4.69) is 5.32 Å². The molecule has 1 amide bonds. The van der Waals surface area contributed by atoms with Crippen molar-refractivity contribution in [3.05, 3.63) is 21.3 Å². The molecule has 1 fully saturated rings. The third-order valence-electron chi connectivity index (χ3n) is 4.21. The summed E-state index contributed by atoms with van der Waals surface area (Å²) in [6.45, 7) is 2.44. The minimum atomic E-state index is -0.162. The van der Waals surface area contributed by atoms with Gasteiger partial charge in [0.2, 0.25) is 5.91 Å². The normalized spacial score (nSPS) is 18.6. The van der Waals surface area contributed by atoms with Crippen LogP contribution in [0.1, 0.15) is 49.8 Å². The van der Waals surface area contributed by atoms with Gasteiger partial charge in [-0.25, -0.2) is 0 Å². The predicted molar refractivity (Wildman–Crippen MR) is 92.6 cm³/mol. The van der Waals surface area contributed by atoms with E-state index in [1.165, 1.54) is 43.4 Å². The topological polar surface area (TPSA) is 55.1 Å². The van der Waals surface area contributed by atoms with E-state index in [1.54, 1.807) is 0 Å². The lowest BCUT2D eigenvalue weighted by Crippen LogP contribution is -2.47. The highest BCUT2D eigenvalue weighted by atomic mass is 35.5. The summed E-state index contributed by atoms with van der Waals surface area (Å²) in [6, 6.07) is 3.88. The molecule has 2 rings (SSSR count). The fraction of sp³-hybridized carbons (Fsp3) is 0.667. The molecule has 2 atom stereocenters. The van der Waals surface area contributed by atoms with Gasteiger partial charge in [-0.2, -0.15) is 0 Å². The summed E-state index contributed by atoms with van der Waals surface area (Å²) in [5, 5.41) is 3.14. The molecule has 120 valence electrons. The van der Waals surface area contributed by atoms with Crippen LogP contribution in [0.25, 0.3) is 0 Å². The number of nitrogens with one attached hydrogen (secondary N) is 1. The Balaban J connectivity index is 0.00000220. The summed E-state index contributed by atoms with van der Waals surface area (Å²) >= 11 is 7.40. The fourth-order valence-corrected chi connectivity index (χ4v) is 4.02. The maximum Gasteiger partial charge on any atom is 0.228 e. The summed E-state index contributed by atoms with van der Waals surface area (Å²) in [5.74, 6) is 0.437. The monoisotopic (exact) mass is 350 g/mol. The first-order valence-corrected chi connectivity index (χ1v) is 8.57. The van der Waals surface area contributed by atoms with Crippen LogP contribution >= 0.6 is 35.3 Å². The van der Waals surface area contributed by atoms with Crippen LogP contribution in [0.2, 0.25) is 4.34 Å². The Bertz CT molecular complexity index is 447. The Morgan fingerprint density at radius 2 is 2.10 bits per heavy atom. The highest BCUT2D eigenvalue weighted by Crippen LogP contribution is 2.29. The molecule has 6 heteroatoms. The zero-order valence-corrected chi connectivity index (χ0v) is 14.7. The smallest absolute Gasteiger partial charge is 0.228 e. The van der Waals surface area contributed by atoms with Crippen molar-refractivity contribution < 1.29 is 4.79 Å². The molecule has 21 heavy (non-hydrogen) atoms. The number of hydrogen-bond donors (Lipinski definition) is 2. The molecule has 1 aromatic rings. The van der Waals surface area contributed by atoms with Crippen LogP contribution in [-0.2, 0) is 4.79 Å². The van der Waals surface area contributed by atoms with E-state index in [9.17, 15) is 4.79 Å². The van der Waals surface area contributed by atoms with E-state index < -0.39 is 0 Å². The number of amides is 1. The first-order chi connectivity index (χ1) is 9.61. The molecular formula is C15H24Cl2N2OS. The van der Waals surface area contributed by atoms with Gasteiger partial charge >= 0.3 is 0 Å². The number of halogens is 2. The first kappa shape index (κ1) is 18.8. The molecule has 1 aliphatic rings. The quantitative estimate of drug-likeness (QED) is 0.844. The first-order valence-electron chi connectivity index (χ1n) is 7.37. The minimum absolute atomic E-state index is 0. The van der Waals surface area contributed by atoms with E-state index >= 15 is 0 Å². The fourth-order valence-electron chi connectivity index (χ4n) is 2.90. The van der Waals surface area contributed by atoms with Crippen molar-refractivity contribution in [3.63, 3.8) is 0 Å². The maximum absolute atomic E-state index is 12.4. The van der Waals surface area contributed by atoms with Crippen molar-refractivity contribution in [2.75, 3.05) is 6.54 Å². The molecule has 0 bridgehead atoms. The molecule has 3 nitrogen and oxygen atoms in total. The van der Waals surface area contributed by atoms with Gasteiger partial charge in [0.05, 0.1) is 10.3 Å². The molecule has 0 aliphatic heterocycles. The molecule has 0 saturated heterocycles. The summed E-state index contributed by atoms with van der Waals surface area (Å²) in [7, 11) is 0. The number of thiophene rings is 1. The summed E-state index contributed by atoms with van der Waals surface area (Å²) < 4.78 is 0.724. The van der Waals surface area contributed by atoms with Gasteiger partial charge in [-0.15, -0.1) is 23.7 Å². The summed E-state index contributed by atoms with van der Waals surface area (Å²) in [6.07, 6.45) is 6.19. The van der Waals surface area contributed by atoms with Crippen molar-refractivity contribution >= 4 is 41.3 Å². The van der Waals surface area contributed by atoms with Crippen molar-refractivity contribution in [2.45, 2.75) is 51.0 Å². The third-order valence-corrected chi connectivity index (χ3v) is 5.63. The van der Waals surface area contributed by atoms with Crippen LogP contribution in [0.4, 0.5) is 0 Å². The molecule has 0 radical (unpaired) electrons. The van der Waals surface area contributed by atoms with Gasteiger partial charge in [0.15, 0.2) is 0 Å². The SMILES string of the molecule is CC(C(=O)NC(CN)C1CCCCC1)c1ccc(Cl)s1.Cl. The molecule has 1 heterocycles. The summed E-state index contributed by atoms with van der Waals surface area (Å²) in [5.41, 5.74) is 5.86. The van der Waals surface area contributed by atoms with Gasteiger partial charge in [0.25, 0.3) is 0 Å². The Morgan fingerprint density at radius 1 is 1.43 bits per heavy atom. The van der Waals surface area contributed by atoms with Crippen LogP contribution in [-0.4, -0.2) is 18.5 Å². The average molecular weight is 351 g/mol. The van der Waals surface area contributed by atoms with E-state index in [0.717, 1.165) is 9.21 Å². The van der Waals surface area contributed by atoms with Crippen LogP contribution in [0.5, 0.6) is 0 Å². The Labute approximate surface area is 142 Å². The van der Waals surface area contributed by atoms with E-state index in [-0.39, 0.29) is 30.3 Å². The van der Waals surface area contributed by atoms with Gasteiger partial charge in [-0.05, 0) is 37.8 Å². The van der Waals surface area contributed by atoms with Gasteiger partial charge in [-0.1, -0.05) is 30.9 Å². The van der Waals surface area contributed by atoms with Crippen LogP contribution in [0.3, 0.4) is 0 Å². The second kappa shape index (κ2) is 8.99. The minimum Gasteiger partial charge on any atom is -0.351 e. The Hall–Kier alpha value is -0.290. The van der Waals surface area contributed by atoms with Crippen molar-refractivity contribution in [2.24, 2.45) is 11.7 Å². The molecule has 1 aliphatic carbocycles. The zero-order valence-electron chi connectivity index (χ0n) is 12.3. The van der Waals surface area contributed by atoms with E-state index in [0.29, 0.717) is 12.5 Å². The lowest BCUT2D eigenvalue weighted by molar-refractivity contribution is -0.123. The predicted octanol–water partition coefficient (Wildman–Crippen LogP) is 3.95. The van der Waals surface area contributed by atoms with Crippen LogP contribution in [0, 0.1) is 5.92 Å². The molecule has 3 N–H and O–H groups in total. The van der Waals surface area contributed by atoms with Gasteiger partial charge in [0, 0.05) is 17.5 Å².